The van der Waals surface area contributed by atoms with Gasteiger partial charge < -0.3 is 14.7 Å². The van der Waals surface area contributed by atoms with Gasteiger partial charge in [0.2, 0.25) is 5.82 Å². The van der Waals surface area contributed by atoms with E-state index >= 15 is 0 Å². The van der Waals surface area contributed by atoms with Crippen LogP contribution in [0.15, 0.2) is 36.9 Å². The smallest absolute Gasteiger partial charge is 0.371 e. The molecule has 1 unspecified atom stereocenters. The average molecular weight is 256 g/mol. The second-order valence-electron chi connectivity index (χ2n) is 4.35. The maximum absolute atomic E-state index is 10.9. The fraction of sp³-hybridized carbons (Fsp3) is 0.154. The molecule has 19 heavy (non-hydrogen) atoms. The van der Waals surface area contributed by atoms with Crippen LogP contribution in [0.25, 0.3) is 11.0 Å². The molecule has 0 bridgehead atoms. The number of fused-ring (bicyclic) bond motifs is 1. The summed E-state index contributed by atoms with van der Waals surface area (Å²) in [6, 6.07) is 5.81. The van der Waals surface area contributed by atoms with Crippen LogP contribution in [-0.2, 0) is 0 Å². The third kappa shape index (κ3) is 1.97. The van der Waals surface area contributed by atoms with Crippen molar-refractivity contribution in [3.63, 3.8) is 0 Å². The summed E-state index contributed by atoms with van der Waals surface area (Å²) in [7, 11) is 0. The van der Waals surface area contributed by atoms with Crippen LogP contribution in [0.2, 0.25) is 0 Å². The van der Waals surface area contributed by atoms with Crippen LogP contribution in [-0.4, -0.2) is 30.6 Å². The van der Waals surface area contributed by atoms with E-state index in [1.807, 2.05) is 35.9 Å². The molecule has 1 atom stereocenters. The molecular weight excluding hydrogens is 244 g/mol. The molecule has 0 aliphatic heterocycles. The zero-order valence-corrected chi connectivity index (χ0v) is 10.2. The highest BCUT2D eigenvalue weighted by Crippen LogP contribution is 2.21. The molecule has 2 heterocycles. The number of aromatic nitrogens is 4. The maximum Gasteiger partial charge on any atom is 0.371 e. The Balaban J connectivity index is 2.04. The second kappa shape index (κ2) is 4.24. The summed E-state index contributed by atoms with van der Waals surface area (Å²) in [6.07, 6.45) is 5.37. The van der Waals surface area contributed by atoms with E-state index in [0.717, 1.165) is 11.1 Å². The number of benzene rings is 1. The van der Waals surface area contributed by atoms with E-state index < -0.39 is 5.97 Å². The molecule has 6 nitrogen and oxygen atoms in total. The summed E-state index contributed by atoms with van der Waals surface area (Å²) in [6.45, 7) is 2.05. The number of imidazole rings is 2. The summed E-state index contributed by atoms with van der Waals surface area (Å²) in [5.41, 5.74) is 2.43. The lowest BCUT2D eigenvalue weighted by Crippen LogP contribution is -2.03. The van der Waals surface area contributed by atoms with Crippen LogP contribution in [0, 0.1) is 0 Å². The number of hydrogen-bond acceptors (Lipinski definition) is 3. The first-order chi connectivity index (χ1) is 9.15. The Morgan fingerprint density at radius 2 is 2.32 bits per heavy atom. The third-order valence-corrected chi connectivity index (χ3v) is 3.16. The monoisotopic (exact) mass is 256 g/mol. The predicted molar refractivity (Wildman–Crippen MR) is 69.1 cm³/mol. The number of carbonyl (C=O) groups is 1. The van der Waals surface area contributed by atoms with Crippen molar-refractivity contribution in [1.29, 1.82) is 0 Å². The largest absolute Gasteiger partial charge is 0.475 e. The Hall–Kier alpha value is -2.63. The Labute approximate surface area is 108 Å². The van der Waals surface area contributed by atoms with E-state index in [0.29, 0.717) is 5.52 Å². The highest BCUT2D eigenvalue weighted by atomic mass is 16.4. The molecule has 3 rings (SSSR count). The lowest BCUT2D eigenvalue weighted by Gasteiger charge is -2.13. The molecule has 2 aromatic heterocycles. The molecule has 1 aromatic carbocycles. The van der Waals surface area contributed by atoms with E-state index in [2.05, 4.69) is 15.0 Å². The van der Waals surface area contributed by atoms with Crippen LogP contribution < -0.4 is 0 Å². The normalized spacial score (nSPS) is 12.7. The van der Waals surface area contributed by atoms with Crippen LogP contribution in [0.4, 0.5) is 0 Å². The summed E-state index contributed by atoms with van der Waals surface area (Å²) in [5.74, 6) is -1.09. The first kappa shape index (κ1) is 11.5. The number of aromatic amines is 1. The number of carboxylic acid groups (broad SMARTS) is 1. The summed E-state index contributed by atoms with van der Waals surface area (Å²) in [4.78, 5) is 21.7. The lowest BCUT2D eigenvalue weighted by atomic mass is 10.1. The van der Waals surface area contributed by atoms with Gasteiger partial charge in [0, 0.05) is 12.4 Å². The SMILES string of the molecule is CC(c1ccc2[nH]c(C(=O)O)nc2c1)n1ccnc1. The topological polar surface area (TPSA) is 83.8 Å². The molecule has 0 aliphatic carbocycles. The van der Waals surface area contributed by atoms with E-state index in [1.165, 1.54) is 0 Å². The van der Waals surface area contributed by atoms with E-state index in [1.54, 1.807) is 12.5 Å². The van der Waals surface area contributed by atoms with Gasteiger partial charge in [0.05, 0.1) is 23.4 Å². The van der Waals surface area contributed by atoms with E-state index in [4.69, 9.17) is 5.11 Å². The molecular formula is C13H12N4O2. The number of nitrogens with zero attached hydrogens (tertiary/aromatic N) is 3. The van der Waals surface area contributed by atoms with Crippen molar-refractivity contribution >= 4 is 17.0 Å². The number of nitrogens with one attached hydrogen (secondary N) is 1. The fourth-order valence-electron chi connectivity index (χ4n) is 2.05. The molecule has 0 radical (unpaired) electrons. The van der Waals surface area contributed by atoms with Gasteiger partial charge in [-0.3, -0.25) is 0 Å². The molecule has 0 amide bonds. The Morgan fingerprint density at radius 3 is 3.00 bits per heavy atom. The zero-order chi connectivity index (χ0) is 13.4. The molecule has 2 N–H and O–H groups in total. The van der Waals surface area contributed by atoms with Crippen LogP contribution in [0.1, 0.15) is 29.1 Å². The zero-order valence-electron chi connectivity index (χ0n) is 10.2. The van der Waals surface area contributed by atoms with Crippen molar-refractivity contribution in [1.82, 2.24) is 19.5 Å². The number of hydrogen-bond donors (Lipinski definition) is 2. The second-order valence-corrected chi connectivity index (χ2v) is 4.35. The van der Waals surface area contributed by atoms with E-state index in [-0.39, 0.29) is 11.9 Å². The van der Waals surface area contributed by atoms with Crippen LogP contribution >= 0.6 is 0 Å². The summed E-state index contributed by atoms with van der Waals surface area (Å²) in [5, 5.41) is 8.91. The molecule has 0 saturated heterocycles. The molecule has 0 aliphatic rings. The Morgan fingerprint density at radius 1 is 1.47 bits per heavy atom. The van der Waals surface area contributed by atoms with Gasteiger partial charge in [-0.25, -0.2) is 14.8 Å². The molecule has 0 fully saturated rings. The van der Waals surface area contributed by atoms with Crippen molar-refractivity contribution in [2.75, 3.05) is 0 Å². The first-order valence-electron chi connectivity index (χ1n) is 5.85. The van der Waals surface area contributed by atoms with Gasteiger partial charge in [-0.05, 0) is 24.6 Å². The first-order valence-corrected chi connectivity index (χ1v) is 5.85. The molecule has 96 valence electrons. The van der Waals surface area contributed by atoms with Crippen LogP contribution in [0.3, 0.4) is 0 Å². The van der Waals surface area contributed by atoms with Gasteiger partial charge in [0.1, 0.15) is 0 Å². The summed E-state index contributed by atoms with van der Waals surface area (Å²) >= 11 is 0. The van der Waals surface area contributed by atoms with Gasteiger partial charge in [-0.15, -0.1) is 0 Å². The average Bonchev–Trinajstić information content (AvgIpc) is 3.06. The molecule has 0 saturated carbocycles. The standard InChI is InChI=1S/C13H12N4O2/c1-8(17-5-4-14-7-17)9-2-3-10-11(6-9)16-12(15-10)13(18)19/h2-8H,1H3,(H,15,16)(H,18,19). The minimum atomic E-state index is -1.06. The summed E-state index contributed by atoms with van der Waals surface area (Å²) < 4.78 is 1.98. The number of rotatable bonds is 3. The minimum Gasteiger partial charge on any atom is -0.475 e. The molecule has 6 heteroatoms. The van der Waals surface area contributed by atoms with Crippen molar-refractivity contribution in [3.8, 4) is 0 Å². The van der Waals surface area contributed by atoms with Crippen molar-refractivity contribution in [2.24, 2.45) is 0 Å². The minimum absolute atomic E-state index is 0.0394. The van der Waals surface area contributed by atoms with Gasteiger partial charge >= 0.3 is 5.97 Å². The van der Waals surface area contributed by atoms with Crippen molar-refractivity contribution in [2.45, 2.75) is 13.0 Å². The molecule has 3 aromatic rings. The van der Waals surface area contributed by atoms with E-state index in [9.17, 15) is 4.79 Å². The van der Waals surface area contributed by atoms with Crippen molar-refractivity contribution in [3.05, 3.63) is 48.3 Å². The highest BCUT2D eigenvalue weighted by Gasteiger charge is 2.12. The highest BCUT2D eigenvalue weighted by molar-refractivity contribution is 5.89. The van der Waals surface area contributed by atoms with Gasteiger partial charge in [-0.1, -0.05) is 6.07 Å². The lowest BCUT2D eigenvalue weighted by molar-refractivity contribution is 0.0685. The van der Waals surface area contributed by atoms with Gasteiger partial charge in [-0.2, -0.15) is 0 Å². The molecule has 0 spiro atoms. The van der Waals surface area contributed by atoms with Gasteiger partial charge in [0.15, 0.2) is 0 Å². The predicted octanol–water partition coefficient (Wildman–Crippen LogP) is 2.07. The Bertz CT molecular complexity index is 730. The third-order valence-electron chi connectivity index (χ3n) is 3.16. The fourth-order valence-corrected chi connectivity index (χ4v) is 2.05. The Kier molecular flexibility index (Phi) is 2.56. The van der Waals surface area contributed by atoms with Gasteiger partial charge in [0.25, 0.3) is 0 Å². The van der Waals surface area contributed by atoms with Crippen LogP contribution in [0.5, 0.6) is 0 Å². The van der Waals surface area contributed by atoms with Crippen molar-refractivity contribution < 1.29 is 9.90 Å². The number of H-pyrrole nitrogens is 1. The maximum atomic E-state index is 10.9. The quantitative estimate of drug-likeness (QED) is 0.751. The number of aromatic carboxylic acids is 1. The number of carboxylic acids is 1.